The first-order valence-corrected chi connectivity index (χ1v) is 23.9. The Kier molecular flexibility index (Phi) is 14.4. The maximum atomic E-state index is 12.1. The number of allylic oxidation sites excluding steroid dienone is 4. The van der Waals surface area contributed by atoms with Crippen LogP contribution in [0.15, 0.2) is 70.1 Å². The SMILES string of the molecule is COCCC1(C)C(=CC=CC2=[N+](CCCS(=O)(=O)O)c3ccc(S(=O)(=O)[O-])cc3C2(C)CCCS(=O)(=O)[O-])N(CCCCCC(=O)O)c2ccc(S(=O)(=O)[O-])cc21. The number of hydrogen-bond acceptors (Lipinski definition) is 14. The highest BCUT2D eigenvalue weighted by atomic mass is 32.2. The van der Waals surface area contributed by atoms with E-state index in [9.17, 15) is 56.7 Å². The predicted octanol–water partition coefficient (Wildman–Crippen LogP) is 3.35. The topological polar surface area (TPSA) is 279 Å². The van der Waals surface area contributed by atoms with Gasteiger partial charge in [-0.15, -0.1) is 0 Å². The van der Waals surface area contributed by atoms with Gasteiger partial charge in [0.2, 0.25) is 5.69 Å². The molecule has 2 aliphatic rings. The third-order valence-corrected chi connectivity index (χ3v) is 13.7. The second-order valence-electron chi connectivity index (χ2n) is 14.5. The lowest BCUT2D eigenvalue weighted by Gasteiger charge is -2.30. The van der Waals surface area contributed by atoms with Gasteiger partial charge >= 0.3 is 5.97 Å². The van der Waals surface area contributed by atoms with Crippen molar-refractivity contribution in [2.24, 2.45) is 0 Å². The van der Waals surface area contributed by atoms with Crippen molar-refractivity contribution in [2.45, 2.75) is 85.8 Å². The van der Waals surface area contributed by atoms with Gasteiger partial charge in [0.15, 0.2) is 5.71 Å². The molecule has 316 valence electrons. The number of nitrogens with zero attached hydrogens (tertiary/aromatic N) is 2. The van der Waals surface area contributed by atoms with E-state index in [1.165, 1.54) is 37.4 Å². The van der Waals surface area contributed by atoms with Crippen LogP contribution in [0.2, 0.25) is 0 Å². The van der Waals surface area contributed by atoms with Crippen LogP contribution < -0.4 is 4.90 Å². The summed E-state index contributed by atoms with van der Waals surface area (Å²) >= 11 is 0. The van der Waals surface area contributed by atoms with Crippen LogP contribution in [-0.2, 0) is 60.8 Å². The van der Waals surface area contributed by atoms with Crippen molar-refractivity contribution in [1.82, 2.24) is 0 Å². The van der Waals surface area contributed by atoms with E-state index in [2.05, 4.69) is 0 Å². The molecule has 0 aliphatic carbocycles. The summed E-state index contributed by atoms with van der Waals surface area (Å²) in [5, 5.41) is 9.12. The van der Waals surface area contributed by atoms with Gasteiger partial charge in [0.1, 0.15) is 26.8 Å². The molecular formula is C36H46N2O15S4-2. The molecule has 2 heterocycles. The molecule has 0 bridgehead atoms. The highest BCUT2D eigenvalue weighted by Crippen LogP contribution is 2.51. The zero-order valence-electron chi connectivity index (χ0n) is 31.6. The summed E-state index contributed by atoms with van der Waals surface area (Å²) in [5.41, 5.74) is 0.706. The standard InChI is InChI=1S/C36H48N2O15S4/c1-35(17-8-22-54(41,42)43)28-24-26(56(47,48)49)13-15-30(28)38(20-9-23-55(44,45)46)32(35)10-7-11-33-36(2,18-21-53-3)29-25-27(57(50,51)52)14-16-31(29)37(33)19-6-4-5-12-34(39)40/h7,10-11,13-16,24-25H,4-6,8-9,12,17-23H2,1-3H3,(H4-,39,40,41,42,43,44,45,46,47,48,49,50,51,52)/p-2. The van der Waals surface area contributed by atoms with E-state index in [0.29, 0.717) is 66.1 Å². The number of ether oxygens (including phenoxy) is 1. The van der Waals surface area contributed by atoms with Gasteiger partial charge in [0.25, 0.3) is 10.1 Å². The van der Waals surface area contributed by atoms with Crippen LogP contribution in [0.5, 0.6) is 0 Å². The molecule has 0 aromatic heterocycles. The zero-order valence-corrected chi connectivity index (χ0v) is 34.9. The number of carbonyl (C=O) groups is 1. The number of rotatable bonds is 21. The Balaban J connectivity index is 1.93. The fourth-order valence-electron chi connectivity index (χ4n) is 7.65. The highest BCUT2D eigenvalue weighted by molar-refractivity contribution is 7.86. The van der Waals surface area contributed by atoms with Crippen molar-refractivity contribution in [1.29, 1.82) is 0 Å². The van der Waals surface area contributed by atoms with E-state index < -0.39 is 78.6 Å². The minimum Gasteiger partial charge on any atom is -0.748 e. The Labute approximate surface area is 333 Å². The lowest BCUT2D eigenvalue weighted by atomic mass is 9.75. The number of unbranched alkanes of at least 4 members (excludes halogenated alkanes) is 2. The van der Waals surface area contributed by atoms with Crippen LogP contribution in [0.4, 0.5) is 11.4 Å². The molecular weight excluding hydrogens is 829 g/mol. The Morgan fingerprint density at radius 1 is 0.825 bits per heavy atom. The van der Waals surface area contributed by atoms with E-state index in [-0.39, 0.29) is 38.8 Å². The average molecular weight is 875 g/mol. The zero-order chi connectivity index (χ0) is 42.6. The molecule has 17 nitrogen and oxygen atoms in total. The molecule has 2 unspecified atom stereocenters. The van der Waals surface area contributed by atoms with Crippen LogP contribution in [0, 0.1) is 0 Å². The number of carboxylic acids is 1. The fourth-order valence-corrected chi connectivity index (χ4v) is 9.63. The summed E-state index contributed by atoms with van der Waals surface area (Å²) in [7, 11) is -17.4. The van der Waals surface area contributed by atoms with Gasteiger partial charge < -0.3 is 28.4 Å². The third-order valence-electron chi connectivity index (χ3n) is 10.4. The van der Waals surface area contributed by atoms with Gasteiger partial charge in [0, 0.05) is 73.4 Å². The number of anilines is 1. The van der Waals surface area contributed by atoms with E-state index in [4.69, 9.17) is 9.84 Å². The Morgan fingerprint density at radius 2 is 1.46 bits per heavy atom. The van der Waals surface area contributed by atoms with Crippen LogP contribution >= 0.6 is 0 Å². The van der Waals surface area contributed by atoms with E-state index in [1.54, 1.807) is 29.7 Å². The van der Waals surface area contributed by atoms with Gasteiger partial charge in [-0.3, -0.25) is 9.35 Å². The molecule has 21 heteroatoms. The van der Waals surface area contributed by atoms with Gasteiger partial charge in [-0.25, -0.2) is 25.3 Å². The van der Waals surface area contributed by atoms with Gasteiger partial charge in [0.05, 0.1) is 31.1 Å². The van der Waals surface area contributed by atoms with Crippen molar-refractivity contribution in [3.63, 3.8) is 0 Å². The summed E-state index contributed by atoms with van der Waals surface area (Å²) in [6, 6.07) is 7.72. The monoisotopic (exact) mass is 874 g/mol. The lowest BCUT2D eigenvalue weighted by molar-refractivity contribution is -0.437. The first-order valence-electron chi connectivity index (χ1n) is 17.9. The van der Waals surface area contributed by atoms with Crippen LogP contribution in [0.1, 0.15) is 76.3 Å². The Morgan fingerprint density at radius 3 is 2.04 bits per heavy atom. The summed E-state index contributed by atoms with van der Waals surface area (Å²) in [6.45, 7) is 4.08. The molecule has 0 saturated heterocycles. The molecule has 2 N–H and O–H groups in total. The van der Waals surface area contributed by atoms with Crippen LogP contribution in [-0.4, -0.2) is 112 Å². The van der Waals surface area contributed by atoms with E-state index >= 15 is 0 Å². The summed E-state index contributed by atoms with van der Waals surface area (Å²) in [5.74, 6) is -2.31. The third kappa shape index (κ3) is 11.4. The molecule has 0 amide bonds. The Bertz CT molecular complexity index is 2410. The second-order valence-corrected chi connectivity index (χ2v) is 20.3. The molecule has 0 fully saturated rings. The van der Waals surface area contributed by atoms with Crippen molar-refractivity contribution in [3.8, 4) is 0 Å². The number of methoxy groups -OCH3 is 1. The molecule has 0 spiro atoms. The maximum Gasteiger partial charge on any atom is 0.303 e. The van der Waals surface area contributed by atoms with Crippen molar-refractivity contribution in [3.05, 3.63) is 71.5 Å². The molecule has 2 atom stereocenters. The number of fused-ring (bicyclic) bond motifs is 2. The quantitative estimate of drug-likeness (QED) is 0.103. The highest BCUT2D eigenvalue weighted by Gasteiger charge is 2.48. The smallest absolute Gasteiger partial charge is 0.303 e. The number of hydrogen-bond donors (Lipinski definition) is 2. The fraction of sp³-hybridized carbons (Fsp3) is 0.500. The Hall–Kier alpha value is -3.54. The number of benzene rings is 2. The van der Waals surface area contributed by atoms with Crippen LogP contribution in [0.3, 0.4) is 0 Å². The molecule has 2 aliphatic heterocycles. The lowest BCUT2D eigenvalue weighted by Crippen LogP contribution is -2.32. The number of aliphatic carboxylic acids is 1. The molecule has 0 radical (unpaired) electrons. The number of carboxylic acid groups (broad SMARTS) is 1. The summed E-state index contributed by atoms with van der Waals surface area (Å²) in [4.78, 5) is 12.1. The predicted molar refractivity (Wildman–Crippen MR) is 205 cm³/mol. The normalized spacial score (nSPS) is 20.8. The van der Waals surface area contributed by atoms with E-state index in [1.807, 2.05) is 11.8 Å². The van der Waals surface area contributed by atoms with Crippen molar-refractivity contribution in [2.75, 3.05) is 43.2 Å². The summed E-state index contributed by atoms with van der Waals surface area (Å²) in [6.07, 6.45) is 6.56. The first kappa shape index (κ1) is 46.2. The molecule has 4 rings (SSSR count). The minimum absolute atomic E-state index is 0.0260. The first-order chi connectivity index (χ1) is 26.3. The van der Waals surface area contributed by atoms with Crippen molar-refractivity contribution < 1.29 is 71.1 Å². The van der Waals surface area contributed by atoms with E-state index in [0.717, 1.165) is 6.07 Å². The second kappa shape index (κ2) is 17.8. The largest absolute Gasteiger partial charge is 0.748 e. The summed E-state index contributed by atoms with van der Waals surface area (Å²) < 4.78 is 148. The van der Waals surface area contributed by atoms with Crippen molar-refractivity contribution >= 4 is 63.5 Å². The van der Waals surface area contributed by atoms with Gasteiger partial charge in [-0.2, -0.15) is 13.0 Å². The molecule has 57 heavy (non-hydrogen) atoms. The van der Waals surface area contributed by atoms with Gasteiger partial charge in [-0.05, 0) is 87.9 Å². The van der Waals surface area contributed by atoms with Crippen LogP contribution in [0.25, 0.3) is 0 Å². The van der Waals surface area contributed by atoms with Gasteiger partial charge in [-0.1, -0.05) is 12.5 Å². The molecule has 2 aromatic carbocycles. The molecule has 0 saturated carbocycles. The minimum atomic E-state index is -4.96. The maximum absolute atomic E-state index is 12.1. The average Bonchev–Trinajstić information content (AvgIpc) is 3.45. The molecule has 2 aromatic rings.